The number of hydrogen-bond acceptors (Lipinski definition) is 3. The molecular weight excluding hydrogens is 426 g/mol. The first-order valence-corrected chi connectivity index (χ1v) is 10.8. The number of carbonyl (C=O) groups excluding carboxylic acids is 1. The highest BCUT2D eigenvalue weighted by Gasteiger charge is 2.46. The van der Waals surface area contributed by atoms with Gasteiger partial charge in [0.25, 0.3) is 5.91 Å². The molecule has 0 unspecified atom stereocenters. The zero-order valence-electron chi connectivity index (χ0n) is 18.3. The van der Waals surface area contributed by atoms with Crippen molar-refractivity contribution in [2.45, 2.75) is 64.0 Å². The maximum Gasteiger partial charge on any atom is 0.431 e. The number of piperidine rings is 1. The van der Waals surface area contributed by atoms with Gasteiger partial charge in [0.15, 0.2) is 11.6 Å². The fraction of sp³-hybridized carbons (Fsp3) is 0.522. The molecule has 0 saturated carbocycles. The summed E-state index contributed by atoms with van der Waals surface area (Å²) < 4.78 is 61.4. The molecule has 1 amide bonds. The van der Waals surface area contributed by atoms with Gasteiger partial charge in [0.1, 0.15) is 5.69 Å². The molecule has 0 bridgehead atoms. The Morgan fingerprint density at radius 1 is 1.22 bits per heavy atom. The third-order valence-electron chi connectivity index (χ3n) is 6.19. The van der Waals surface area contributed by atoms with E-state index in [1.165, 1.54) is 22.8 Å². The average molecular weight is 455 g/mol. The second kappa shape index (κ2) is 8.10. The highest BCUT2D eigenvalue weighted by Crippen LogP contribution is 2.41. The van der Waals surface area contributed by atoms with Crippen LogP contribution >= 0.6 is 0 Å². The monoisotopic (exact) mass is 455 g/mol. The van der Waals surface area contributed by atoms with Gasteiger partial charge in [0, 0.05) is 38.4 Å². The fourth-order valence-corrected chi connectivity index (χ4v) is 4.85. The van der Waals surface area contributed by atoms with E-state index in [9.17, 15) is 22.4 Å². The first-order valence-electron chi connectivity index (χ1n) is 10.8. The van der Waals surface area contributed by atoms with Crippen molar-refractivity contribution in [2.75, 3.05) is 13.1 Å². The number of halogens is 4. The number of aromatic nitrogens is 1. The molecule has 1 atom stereocenters. The van der Waals surface area contributed by atoms with Gasteiger partial charge in [-0.05, 0) is 63.9 Å². The highest BCUT2D eigenvalue weighted by atomic mass is 19.4. The molecule has 1 spiro atoms. The van der Waals surface area contributed by atoms with Crippen LogP contribution in [0, 0.1) is 5.82 Å². The molecule has 9 heteroatoms. The third-order valence-corrected chi connectivity index (χ3v) is 6.19. The predicted molar refractivity (Wildman–Crippen MR) is 113 cm³/mol. The van der Waals surface area contributed by atoms with E-state index >= 15 is 0 Å². The van der Waals surface area contributed by atoms with Crippen molar-refractivity contribution in [3.63, 3.8) is 0 Å². The molecule has 1 saturated heterocycles. The highest BCUT2D eigenvalue weighted by molar-refractivity contribution is 5.94. The minimum atomic E-state index is -4.41. The lowest BCUT2D eigenvalue weighted by Gasteiger charge is -2.47. The third kappa shape index (κ3) is 4.10. The molecule has 0 aliphatic carbocycles. The SMILES string of the molecule is CC(C)Oc1ccc(C(=O)N2CCC3(CC2)N[C@H](C)Cn2c(C(F)(F)F)ccc23)cc1F.[HH]. The van der Waals surface area contributed by atoms with E-state index in [4.69, 9.17) is 4.74 Å². The minimum Gasteiger partial charge on any atom is -0.488 e. The summed E-state index contributed by atoms with van der Waals surface area (Å²) >= 11 is 0. The van der Waals surface area contributed by atoms with Crippen LogP contribution in [0.1, 0.15) is 56.8 Å². The van der Waals surface area contributed by atoms with Crippen LogP contribution < -0.4 is 10.1 Å². The van der Waals surface area contributed by atoms with Crippen LogP contribution in [0.15, 0.2) is 30.3 Å². The predicted octanol–water partition coefficient (Wildman–Crippen LogP) is 4.80. The van der Waals surface area contributed by atoms with E-state index in [0.717, 1.165) is 6.07 Å². The molecule has 1 aromatic heterocycles. The smallest absolute Gasteiger partial charge is 0.431 e. The van der Waals surface area contributed by atoms with Crippen LogP contribution in [0.4, 0.5) is 17.6 Å². The van der Waals surface area contributed by atoms with Crippen molar-refractivity contribution >= 4 is 5.91 Å². The van der Waals surface area contributed by atoms with Gasteiger partial charge in [0.05, 0.1) is 11.6 Å². The molecule has 5 nitrogen and oxygen atoms in total. The van der Waals surface area contributed by atoms with E-state index in [1.54, 1.807) is 24.8 Å². The first-order chi connectivity index (χ1) is 15.0. The van der Waals surface area contributed by atoms with Gasteiger partial charge in [-0.1, -0.05) is 0 Å². The molecular formula is C23H29F4N3O2. The van der Waals surface area contributed by atoms with Gasteiger partial charge in [-0.15, -0.1) is 0 Å². The van der Waals surface area contributed by atoms with Crippen molar-refractivity contribution in [1.29, 1.82) is 0 Å². The van der Waals surface area contributed by atoms with Gasteiger partial charge in [-0.25, -0.2) is 4.39 Å². The van der Waals surface area contributed by atoms with Gasteiger partial charge in [-0.2, -0.15) is 13.2 Å². The first kappa shape index (κ1) is 22.6. The standard InChI is InChI=1S/C23H27F4N3O2.H2/c1-14(2)32-18-5-4-16(12-17(18)24)21(31)29-10-8-22(9-11-29)19-6-7-20(23(25,26)27)30(19)13-15(3)28-22;/h4-7,12,14-15,28H,8-11,13H2,1-3H3;1H/t15-;/m1./s1. The summed E-state index contributed by atoms with van der Waals surface area (Å²) in [5.41, 5.74) is -0.436. The van der Waals surface area contributed by atoms with Crippen molar-refractivity contribution in [3.05, 3.63) is 53.1 Å². The summed E-state index contributed by atoms with van der Waals surface area (Å²) in [6, 6.07) is 6.70. The van der Waals surface area contributed by atoms with Crippen molar-refractivity contribution in [1.82, 2.24) is 14.8 Å². The molecule has 2 aromatic rings. The van der Waals surface area contributed by atoms with Crippen LogP contribution in [0.3, 0.4) is 0 Å². The fourth-order valence-electron chi connectivity index (χ4n) is 4.85. The number of carbonyl (C=O) groups is 1. The molecule has 0 radical (unpaired) electrons. The number of amides is 1. The van der Waals surface area contributed by atoms with Crippen molar-refractivity contribution < 1.29 is 28.5 Å². The zero-order chi connectivity index (χ0) is 23.3. The lowest BCUT2D eigenvalue weighted by Crippen LogP contribution is -2.59. The van der Waals surface area contributed by atoms with Crippen LogP contribution in [0.5, 0.6) is 5.75 Å². The van der Waals surface area contributed by atoms with E-state index < -0.39 is 23.2 Å². The van der Waals surface area contributed by atoms with E-state index in [2.05, 4.69) is 5.32 Å². The Morgan fingerprint density at radius 3 is 2.50 bits per heavy atom. The van der Waals surface area contributed by atoms with Gasteiger partial charge < -0.3 is 19.5 Å². The molecule has 1 N–H and O–H groups in total. The Bertz CT molecular complexity index is 1010. The summed E-state index contributed by atoms with van der Waals surface area (Å²) in [4.78, 5) is 14.6. The number of ether oxygens (including phenoxy) is 1. The summed E-state index contributed by atoms with van der Waals surface area (Å²) in [5, 5.41) is 3.48. The quantitative estimate of drug-likeness (QED) is 0.677. The lowest BCUT2D eigenvalue weighted by atomic mass is 9.82. The Morgan fingerprint density at radius 2 is 1.91 bits per heavy atom. The van der Waals surface area contributed by atoms with E-state index in [-0.39, 0.29) is 37.3 Å². The molecule has 2 aliphatic heterocycles. The second-order valence-corrected chi connectivity index (χ2v) is 8.94. The lowest BCUT2D eigenvalue weighted by molar-refractivity contribution is -0.144. The van der Waals surface area contributed by atoms with Crippen molar-refractivity contribution in [2.24, 2.45) is 0 Å². The molecule has 1 aromatic carbocycles. The number of alkyl halides is 3. The number of rotatable bonds is 3. The maximum atomic E-state index is 14.3. The molecule has 1 fully saturated rings. The van der Waals surface area contributed by atoms with Gasteiger partial charge in [0.2, 0.25) is 0 Å². The Labute approximate surface area is 185 Å². The second-order valence-electron chi connectivity index (χ2n) is 8.94. The molecule has 176 valence electrons. The number of likely N-dealkylation sites (tertiary alicyclic amines) is 1. The van der Waals surface area contributed by atoms with E-state index in [1.807, 2.05) is 6.92 Å². The number of nitrogens with zero attached hydrogens (tertiary/aromatic N) is 2. The Kier molecular flexibility index (Phi) is 5.73. The molecule has 3 heterocycles. The van der Waals surface area contributed by atoms with Gasteiger partial charge >= 0.3 is 6.18 Å². The molecule has 2 aliphatic rings. The topological polar surface area (TPSA) is 46.5 Å². The average Bonchev–Trinajstić information content (AvgIpc) is 3.14. The summed E-state index contributed by atoms with van der Waals surface area (Å²) in [7, 11) is 0. The van der Waals surface area contributed by atoms with Crippen molar-refractivity contribution in [3.8, 4) is 5.75 Å². The summed E-state index contributed by atoms with van der Waals surface area (Å²) in [6.07, 6.45) is -3.66. The minimum absolute atomic E-state index is 0. The van der Waals surface area contributed by atoms with Crippen LogP contribution in [-0.4, -0.2) is 40.6 Å². The maximum absolute atomic E-state index is 14.3. The number of hydrogen-bond donors (Lipinski definition) is 1. The number of nitrogens with one attached hydrogen (secondary N) is 1. The summed E-state index contributed by atoms with van der Waals surface area (Å²) in [6.45, 7) is 6.40. The zero-order valence-corrected chi connectivity index (χ0v) is 18.3. The summed E-state index contributed by atoms with van der Waals surface area (Å²) in [5.74, 6) is -0.806. The largest absolute Gasteiger partial charge is 0.488 e. The van der Waals surface area contributed by atoms with Crippen LogP contribution in [-0.2, 0) is 18.3 Å². The van der Waals surface area contributed by atoms with E-state index in [0.29, 0.717) is 31.6 Å². The number of fused-ring (bicyclic) bond motifs is 2. The number of benzene rings is 1. The van der Waals surface area contributed by atoms with Crippen LogP contribution in [0.25, 0.3) is 0 Å². The van der Waals surface area contributed by atoms with Gasteiger partial charge in [-0.3, -0.25) is 4.79 Å². The Balaban J connectivity index is 0.00000306. The van der Waals surface area contributed by atoms with Crippen LogP contribution in [0.2, 0.25) is 0 Å². The molecule has 32 heavy (non-hydrogen) atoms. The normalized spacial score (nSPS) is 20.5. The molecule has 4 rings (SSSR count). The Hall–Kier alpha value is -2.55.